The van der Waals surface area contributed by atoms with Crippen molar-refractivity contribution in [2.45, 2.75) is 26.2 Å². The fourth-order valence-electron chi connectivity index (χ4n) is 2.05. The summed E-state index contributed by atoms with van der Waals surface area (Å²) in [7, 11) is 0. The Kier molecular flexibility index (Phi) is 6.68. The van der Waals surface area contributed by atoms with E-state index < -0.39 is 5.41 Å². The third-order valence-corrected chi connectivity index (χ3v) is 3.71. The first kappa shape index (κ1) is 16.7. The maximum atomic E-state index is 12.3. The van der Waals surface area contributed by atoms with Crippen LogP contribution in [-0.4, -0.2) is 48.8 Å². The van der Waals surface area contributed by atoms with Crippen LogP contribution < -0.4 is 0 Å². The normalized spacial score (nSPS) is 14.1. The maximum absolute atomic E-state index is 12.3. The van der Waals surface area contributed by atoms with E-state index in [2.05, 4.69) is 18.7 Å². The number of aliphatic hydroxyl groups is 1. The average Bonchev–Trinajstić information content (AvgIpc) is 2.51. The number of likely N-dealkylation sites (N-methyl/N-ethyl adjacent to an activating group) is 1. The van der Waals surface area contributed by atoms with E-state index in [1.165, 1.54) is 0 Å². The van der Waals surface area contributed by atoms with Crippen molar-refractivity contribution in [1.29, 1.82) is 0 Å². The molecule has 0 saturated carbocycles. The van der Waals surface area contributed by atoms with Gasteiger partial charge in [0, 0.05) is 6.54 Å². The Bertz CT molecular complexity index is 403. The molecule has 0 bridgehead atoms. The zero-order valence-electron chi connectivity index (χ0n) is 12.6. The van der Waals surface area contributed by atoms with Crippen molar-refractivity contribution in [3.05, 3.63) is 35.9 Å². The lowest BCUT2D eigenvalue weighted by molar-refractivity contribution is -0.152. The molecule has 0 heterocycles. The molecule has 20 heavy (non-hydrogen) atoms. The Labute approximate surface area is 121 Å². The van der Waals surface area contributed by atoms with E-state index in [4.69, 9.17) is 4.74 Å². The van der Waals surface area contributed by atoms with E-state index in [-0.39, 0.29) is 12.6 Å². The van der Waals surface area contributed by atoms with Crippen molar-refractivity contribution in [3.8, 4) is 0 Å². The third-order valence-electron chi connectivity index (χ3n) is 3.71. The van der Waals surface area contributed by atoms with Gasteiger partial charge in [-0.3, -0.25) is 4.79 Å². The van der Waals surface area contributed by atoms with Crippen LogP contribution >= 0.6 is 0 Å². The van der Waals surface area contributed by atoms with Crippen LogP contribution in [0.4, 0.5) is 0 Å². The molecule has 0 radical (unpaired) electrons. The van der Waals surface area contributed by atoms with E-state index in [1.54, 1.807) is 6.92 Å². The van der Waals surface area contributed by atoms with Gasteiger partial charge in [0.25, 0.3) is 0 Å². The minimum absolute atomic E-state index is 0.263. The predicted molar refractivity (Wildman–Crippen MR) is 79.6 cm³/mol. The quantitative estimate of drug-likeness (QED) is 0.738. The zero-order chi connectivity index (χ0) is 15.0. The number of carbonyl (C=O) groups excluding carboxylic acids is 1. The molecular weight excluding hydrogens is 254 g/mol. The van der Waals surface area contributed by atoms with Crippen molar-refractivity contribution in [2.75, 3.05) is 32.8 Å². The van der Waals surface area contributed by atoms with Gasteiger partial charge in [-0.15, -0.1) is 0 Å². The topological polar surface area (TPSA) is 49.8 Å². The van der Waals surface area contributed by atoms with Crippen LogP contribution in [0.25, 0.3) is 0 Å². The molecule has 1 aromatic carbocycles. The van der Waals surface area contributed by atoms with Gasteiger partial charge in [-0.2, -0.15) is 0 Å². The van der Waals surface area contributed by atoms with Crippen LogP contribution in [0, 0.1) is 0 Å². The molecular formula is C16H25NO3. The minimum atomic E-state index is -0.996. The standard InChI is InChI=1S/C16H25NO3/c1-4-17(5-2)11-12-20-15(19)16(3,13-18)14-9-7-6-8-10-14/h6-10,18H,4-5,11-13H2,1-3H3/t16-/m0/s1. The highest BCUT2D eigenvalue weighted by molar-refractivity contribution is 5.82. The van der Waals surface area contributed by atoms with Crippen LogP contribution in [0.1, 0.15) is 26.3 Å². The smallest absolute Gasteiger partial charge is 0.318 e. The van der Waals surface area contributed by atoms with E-state index >= 15 is 0 Å². The highest BCUT2D eigenvalue weighted by Crippen LogP contribution is 2.24. The number of rotatable bonds is 8. The summed E-state index contributed by atoms with van der Waals surface area (Å²) in [5, 5.41) is 9.60. The maximum Gasteiger partial charge on any atom is 0.318 e. The minimum Gasteiger partial charge on any atom is -0.464 e. The second kappa shape index (κ2) is 8.02. The Balaban J connectivity index is 2.64. The van der Waals surface area contributed by atoms with Crippen LogP contribution in [0.15, 0.2) is 30.3 Å². The SMILES string of the molecule is CCN(CC)CCOC(=O)[C@@](C)(CO)c1ccccc1. The summed E-state index contributed by atoms with van der Waals surface area (Å²) in [6.45, 7) is 8.54. The summed E-state index contributed by atoms with van der Waals surface area (Å²) in [6.07, 6.45) is 0. The molecule has 0 saturated heterocycles. The van der Waals surface area contributed by atoms with E-state index in [0.717, 1.165) is 25.2 Å². The lowest BCUT2D eigenvalue weighted by atomic mass is 9.83. The molecule has 112 valence electrons. The lowest BCUT2D eigenvalue weighted by Crippen LogP contribution is -2.39. The largest absolute Gasteiger partial charge is 0.464 e. The zero-order valence-corrected chi connectivity index (χ0v) is 12.6. The molecule has 1 rings (SSSR count). The third kappa shape index (κ3) is 4.05. The molecule has 0 aliphatic carbocycles. The van der Waals surface area contributed by atoms with Gasteiger partial charge in [0.05, 0.1) is 6.61 Å². The van der Waals surface area contributed by atoms with Crippen molar-refractivity contribution < 1.29 is 14.6 Å². The van der Waals surface area contributed by atoms with E-state index in [0.29, 0.717) is 6.61 Å². The molecule has 0 unspecified atom stereocenters. The molecule has 0 aliphatic heterocycles. The first-order valence-electron chi connectivity index (χ1n) is 7.14. The molecule has 1 aromatic rings. The van der Waals surface area contributed by atoms with Crippen molar-refractivity contribution in [1.82, 2.24) is 4.90 Å². The molecule has 0 spiro atoms. The Morgan fingerprint density at radius 1 is 1.25 bits per heavy atom. The summed E-state index contributed by atoms with van der Waals surface area (Å²) in [6, 6.07) is 9.26. The number of benzene rings is 1. The summed E-state index contributed by atoms with van der Waals surface area (Å²) < 4.78 is 5.35. The van der Waals surface area contributed by atoms with Gasteiger partial charge in [-0.25, -0.2) is 0 Å². The van der Waals surface area contributed by atoms with Gasteiger partial charge >= 0.3 is 5.97 Å². The number of carbonyl (C=O) groups is 1. The Hall–Kier alpha value is -1.39. The summed E-state index contributed by atoms with van der Waals surface area (Å²) in [5.74, 6) is -0.377. The van der Waals surface area contributed by atoms with Crippen LogP contribution in [0.5, 0.6) is 0 Å². The van der Waals surface area contributed by atoms with E-state index in [9.17, 15) is 9.90 Å². The van der Waals surface area contributed by atoms with Crippen LogP contribution in [0.2, 0.25) is 0 Å². The second-order valence-corrected chi connectivity index (χ2v) is 5.02. The number of esters is 1. The van der Waals surface area contributed by atoms with Crippen molar-refractivity contribution in [3.63, 3.8) is 0 Å². The van der Waals surface area contributed by atoms with Gasteiger partial charge in [-0.1, -0.05) is 44.2 Å². The molecule has 0 fully saturated rings. The number of hydrogen-bond donors (Lipinski definition) is 1. The molecule has 1 atom stereocenters. The van der Waals surface area contributed by atoms with Crippen molar-refractivity contribution in [2.24, 2.45) is 0 Å². The number of ether oxygens (including phenoxy) is 1. The second-order valence-electron chi connectivity index (χ2n) is 5.02. The highest BCUT2D eigenvalue weighted by Gasteiger charge is 2.36. The van der Waals surface area contributed by atoms with E-state index in [1.807, 2.05) is 30.3 Å². The molecule has 4 heteroatoms. The van der Waals surface area contributed by atoms with Gasteiger partial charge in [-0.05, 0) is 25.6 Å². The van der Waals surface area contributed by atoms with Gasteiger partial charge in [0.15, 0.2) is 0 Å². The predicted octanol–water partition coefficient (Wildman–Crippen LogP) is 1.82. The number of nitrogens with zero attached hydrogens (tertiary/aromatic N) is 1. The van der Waals surface area contributed by atoms with Crippen molar-refractivity contribution >= 4 is 5.97 Å². The molecule has 4 nitrogen and oxygen atoms in total. The number of aliphatic hydroxyl groups excluding tert-OH is 1. The highest BCUT2D eigenvalue weighted by atomic mass is 16.5. The van der Waals surface area contributed by atoms with Crippen LogP contribution in [0.3, 0.4) is 0 Å². The fraction of sp³-hybridized carbons (Fsp3) is 0.562. The van der Waals surface area contributed by atoms with Gasteiger partial charge in [0.2, 0.25) is 0 Å². The fourth-order valence-corrected chi connectivity index (χ4v) is 2.05. The molecule has 0 aromatic heterocycles. The first-order chi connectivity index (χ1) is 9.58. The summed E-state index contributed by atoms with van der Waals surface area (Å²) in [5.41, 5.74) is -0.222. The first-order valence-corrected chi connectivity index (χ1v) is 7.14. The molecule has 0 amide bonds. The number of hydrogen-bond acceptors (Lipinski definition) is 4. The molecule has 0 aliphatic rings. The van der Waals surface area contributed by atoms with Crippen LogP contribution in [-0.2, 0) is 14.9 Å². The lowest BCUT2D eigenvalue weighted by Gasteiger charge is -2.26. The monoisotopic (exact) mass is 279 g/mol. The van der Waals surface area contributed by atoms with Gasteiger partial charge in [0.1, 0.15) is 12.0 Å². The Morgan fingerprint density at radius 3 is 2.35 bits per heavy atom. The average molecular weight is 279 g/mol. The molecule has 1 N–H and O–H groups in total. The van der Waals surface area contributed by atoms with Gasteiger partial charge < -0.3 is 14.7 Å². The Morgan fingerprint density at radius 2 is 1.85 bits per heavy atom. The summed E-state index contributed by atoms with van der Waals surface area (Å²) in [4.78, 5) is 14.4. The summed E-state index contributed by atoms with van der Waals surface area (Å²) >= 11 is 0.